The number of rotatable bonds is 8. The minimum atomic E-state index is -2.43. The van der Waals surface area contributed by atoms with E-state index in [1.54, 1.807) is 0 Å². The van der Waals surface area contributed by atoms with E-state index in [0.29, 0.717) is 25.8 Å². The SMILES string of the molecule is CC1(C)[C@@H]2[C@@H](C(=O)NN(C[C@@H]3CCNC3=O)C(=O)C(F)Cl)N(C(=O)C(NC(=O)C3(F)CC3)C3CCC3)C[C@@H]21. The van der Waals surface area contributed by atoms with Crippen molar-refractivity contribution in [3.63, 3.8) is 0 Å². The zero-order chi connectivity index (χ0) is 27.6. The van der Waals surface area contributed by atoms with Crippen LogP contribution in [-0.2, 0) is 24.0 Å². The number of hydrazine groups is 1. The standard InChI is InChI=1S/C25H34ClF2N5O5/c1-24(2)14-11-32(21(36)16(12-4-3-5-12)30-23(38)25(28)7-8-25)17(15(14)24)20(35)31-33(22(37)18(26)27)10-13-6-9-29-19(13)34/h12-18H,3-11H2,1-2H3,(H,29,34)(H,30,38)(H,31,35)/t13-,14-,15-,16?,17-,18?/m0/s1. The van der Waals surface area contributed by atoms with E-state index in [2.05, 4.69) is 16.1 Å². The number of carbonyl (C=O) groups excluding carboxylic acids is 5. The molecule has 0 aromatic carbocycles. The quantitative estimate of drug-likeness (QED) is 0.300. The lowest BCUT2D eigenvalue weighted by atomic mass is 9.78. The van der Waals surface area contributed by atoms with E-state index < -0.39 is 52.9 Å². The van der Waals surface area contributed by atoms with Crippen molar-refractivity contribution < 1.29 is 32.8 Å². The molecule has 10 nitrogen and oxygen atoms in total. The number of halogens is 3. The summed E-state index contributed by atoms with van der Waals surface area (Å²) < 4.78 is 28.2. The fourth-order valence-corrected chi connectivity index (χ4v) is 6.42. The largest absolute Gasteiger partial charge is 0.356 e. The van der Waals surface area contributed by atoms with E-state index in [1.165, 1.54) is 4.90 Å². The van der Waals surface area contributed by atoms with Crippen molar-refractivity contribution in [1.29, 1.82) is 0 Å². The Labute approximate surface area is 224 Å². The summed E-state index contributed by atoms with van der Waals surface area (Å²) in [6.07, 6.45) is 2.95. The van der Waals surface area contributed by atoms with Crippen LogP contribution in [0.4, 0.5) is 8.78 Å². The molecule has 5 fully saturated rings. The molecule has 3 N–H and O–H groups in total. The van der Waals surface area contributed by atoms with Gasteiger partial charge in [0.1, 0.15) is 12.1 Å². The lowest BCUT2D eigenvalue weighted by Crippen LogP contribution is -2.61. The van der Waals surface area contributed by atoms with Crippen LogP contribution in [0.15, 0.2) is 0 Å². The number of fused-ring (bicyclic) bond motifs is 1. The molecule has 2 saturated heterocycles. The van der Waals surface area contributed by atoms with Gasteiger partial charge in [-0.25, -0.2) is 13.8 Å². The first-order valence-electron chi connectivity index (χ1n) is 13.3. The van der Waals surface area contributed by atoms with Crippen molar-refractivity contribution in [2.45, 2.75) is 75.8 Å². The van der Waals surface area contributed by atoms with E-state index in [0.717, 1.165) is 11.4 Å². The highest BCUT2D eigenvalue weighted by Crippen LogP contribution is 2.65. The number of amides is 5. The lowest BCUT2D eigenvalue weighted by Gasteiger charge is -2.39. The average molecular weight is 558 g/mol. The molecule has 6 atom stereocenters. The van der Waals surface area contributed by atoms with Crippen LogP contribution in [0.5, 0.6) is 0 Å². The Hall–Kier alpha value is -2.50. The van der Waals surface area contributed by atoms with E-state index in [1.807, 2.05) is 13.8 Å². The second-order valence-corrected chi connectivity index (χ2v) is 12.4. The van der Waals surface area contributed by atoms with Crippen LogP contribution in [0, 0.1) is 29.1 Å². The highest BCUT2D eigenvalue weighted by atomic mass is 35.5. The molecule has 2 unspecified atom stereocenters. The molecule has 0 aromatic rings. The van der Waals surface area contributed by atoms with Crippen LogP contribution in [0.2, 0.25) is 0 Å². The smallest absolute Gasteiger partial charge is 0.291 e. The molecule has 0 aromatic heterocycles. The molecule has 5 rings (SSSR count). The number of hydrogen-bond donors (Lipinski definition) is 3. The topological polar surface area (TPSA) is 128 Å². The van der Waals surface area contributed by atoms with Gasteiger partial charge in [0, 0.05) is 13.1 Å². The van der Waals surface area contributed by atoms with Crippen LogP contribution in [0.1, 0.15) is 52.4 Å². The highest BCUT2D eigenvalue weighted by molar-refractivity contribution is 6.29. The maximum absolute atomic E-state index is 14.4. The molecular weight excluding hydrogens is 524 g/mol. The van der Waals surface area contributed by atoms with Gasteiger partial charge < -0.3 is 15.5 Å². The van der Waals surface area contributed by atoms with Crippen molar-refractivity contribution in [3.05, 3.63) is 0 Å². The molecule has 3 aliphatic carbocycles. The van der Waals surface area contributed by atoms with Gasteiger partial charge in [-0.1, -0.05) is 31.9 Å². The average Bonchev–Trinajstić information content (AvgIpc) is 3.50. The van der Waals surface area contributed by atoms with Gasteiger partial charge in [-0.05, 0) is 55.3 Å². The Balaban J connectivity index is 1.35. The Morgan fingerprint density at radius 3 is 2.42 bits per heavy atom. The lowest BCUT2D eigenvalue weighted by molar-refractivity contribution is -0.151. The van der Waals surface area contributed by atoms with E-state index >= 15 is 0 Å². The maximum atomic E-state index is 14.4. The minimum absolute atomic E-state index is 0.0163. The monoisotopic (exact) mass is 557 g/mol. The molecule has 3 saturated carbocycles. The van der Waals surface area contributed by atoms with Gasteiger partial charge in [-0.15, -0.1) is 0 Å². The summed E-state index contributed by atoms with van der Waals surface area (Å²) in [5, 5.41) is 5.98. The van der Waals surface area contributed by atoms with Crippen molar-refractivity contribution in [2.24, 2.45) is 29.1 Å². The number of carbonyl (C=O) groups is 5. The Morgan fingerprint density at radius 1 is 1.21 bits per heavy atom. The Bertz CT molecular complexity index is 1050. The van der Waals surface area contributed by atoms with Crippen molar-refractivity contribution in [2.75, 3.05) is 19.6 Å². The van der Waals surface area contributed by atoms with Gasteiger partial charge >= 0.3 is 0 Å². The molecule has 5 aliphatic rings. The van der Waals surface area contributed by atoms with Crippen LogP contribution >= 0.6 is 11.6 Å². The summed E-state index contributed by atoms with van der Waals surface area (Å²) in [7, 11) is 0. The van der Waals surface area contributed by atoms with Crippen LogP contribution in [-0.4, -0.2) is 82.5 Å². The van der Waals surface area contributed by atoms with E-state index in [4.69, 9.17) is 11.6 Å². The fourth-order valence-electron chi connectivity index (χ4n) is 6.30. The van der Waals surface area contributed by atoms with Gasteiger partial charge in [0.25, 0.3) is 23.4 Å². The predicted molar refractivity (Wildman–Crippen MR) is 130 cm³/mol. The first-order valence-corrected chi connectivity index (χ1v) is 13.8. The molecule has 2 aliphatic heterocycles. The van der Waals surface area contributed by atoms with E-state index in [-0.39, 0.29) is 55.0 Å². The number of alkyl halides is 3. The third-order valence-electron chi connectivity index (χ3n) is 9.29. The van der Waals surface area contributed by atoms with Gasteiger partial charge in [0.15, 0.2) is 5.67 Å². The molecule has 0 bridgehead atoms. The zero-order valence-corrected chi connectivity index (χ0v) is 22.2. The van der Waals surface area contributed by atoms with Crippen LogP contribution < -0.4 is 16.1 Å². The molecule has 0 radical (unpaired) electrons. The molecule has 38 heavy (non-hydrogen) atoms. The summed E-state index contributed by atoms with van der Waals surface area (Å²) in [6.45, 7) is 4.38. The Morgan fingerprint density at radius 2 is 1.89 bits per heavy atom. The predicted octanol–water partition coefficient (Wildman–Crippen LogP) is 0.787. The summed E-state index contributed by atoms with van der Waals surface area (Å²) in [5.41, 5.74) is -2.18. The minimum Gasteiger partial charge on any atom is -0.356 e. The van der Waals surface area contributed by atoms with Crippen molar-refractivity contribution >= 4 is 41.1 Å². The van der Waals surface area contributed by atoms with E-state index in [9.17, 15) is 32.8 Å². The van der Waals surface area contributed by atoms with Gasteiger partial charge in [-0.3, -0.25) is 29.4 Å². The van der Waals surface area contributed by atoms with Gasteiger partial charge in [0.2, 0.25) is 11.8 Å². The third kappa shape index (κ3) is 4.73. The molecule has 210 valence electrons. The highest BCUT2D eigenvalue weighted by Gasteiger charge is 2.70. The molecule has 0 spiro atoms. The fraction of sp³-hybridized carbons (Fsp3) is 0.800. The van der Waals surface area contributed by atoms with Crippen LogP contribution in [0.25, 0.3) is 0 Å². The van der Waals surface area contributed by atoms with Gasteiger partial charge in [0.05, 0.1) is 12.5 Å². The van der Waals surface area contributed by atoms with Crippen molar-refractivity contribution in [1.82, 2.24) is 26.0 Å². The Kier molecular flexibility index (Phi) is 6.84. The molecule has 13 heteroatoms. The summed E-state index contributed by atoms with van der Waals surface area (Å²) in [5.74, 6) is -4.46. The number of nitrogens with one attached hydrogen (secondary N) is 3. The molecule has 2 heterocycles. The van der Waals surface area contributed by atoms with Crippen molar-refractivity contribution in [3.8, 4) is 0 Å². The van der Waals surface area contributed by atoms with Crippen LogP contribution in [0.3, 0.4) is 0 Å². The molecule has 5 amide bonds. The first kappa shape index (κ1) is 27.1. The number of hydrogen-bond acceptors (Lipinski definition) is 5. The second-order valence-electron chi connectivity index (χ2n) is 12.0. The maximum Gasteiger partial charge on any atom is 0.291 e. The first-order chi connectivity index (χ1) is 17.8. The zero-order valence-electron chi connectivity index (χ0n) is 21.5. The number of likely N-dealkylation sites (tertiary alicyclic amines) is 1. The molecular formula is C25H34ClF2N5O5. The summed E-state index contributed by atoms with van der Waals surface area (Å²) in [4.78, 5) is 65.9. The summed E-state index contributed by atoms with van der Waals surface area (Å²) in [6, 6.07) is -1.93. The van der Waals surface area contributed by atoms with Gasteiger partial charge in [-0.2, -0.15) is 0 Å². The number of nitrogens with zero attached hydrogens (tertiary/aromatic N) is 2. The number of piperidine rings is 1. The second kappa shape index (κ2) is 9.60. The normalized spacial score (nSPS) is 31.8. The summed E-state index contributed by atoms with van der Waals surface area (Å²) >= 11 is 5.39. The third-order valence-corrected chi connectivity index (χ3v) is 9.48.